The highest BCUT2D eigenvalue weighted by Crippen LogP contribution is 2.23. The Morgan fingerprint density at radius 2 is 2.11 bits per heavy atom. The van der Waals surface area contributed by atoms with Gasteiger partial charge in [-0.15, -0.1) is 11.8 Å². The van der Waals surface area contributed by atoms with Crippen LogP contribution < -0.4 is 10.6 Å². The summed E-state index contributed by atoms with van der Waals surface area (Å²) >= 11 is 7.76. The Kier molecular flexibility index (Phi) is 4.50. The number of nitrogens with two attached hydrogens (primary N) is 1. The maximum Gasteiger partial charge on any atom is 0.133 e. The van der Waals surface area contributed by atoms with Gasteiger partial charge in [-0.3, -0.25) is 0 Å². The van der Waals surface area contributed by atoms with Crippen molar-refractivity contribution in [2.75, 3.05) is 23.9 Å². The predicted molar refractivity (Wildman–Crippen MR) is 81.8 cm³/mol. The van der Waals surface area contributed by atoms with Crippen LogP contribution in [0.15, 0.2) is 35.6 Å². The Morgan fingerprint density at radius 1 is 1.32 bits per heavy atom. The van der Waals surface area contributed by atoms with Crippen molar-refractivity contribution in [2.45, 2.75) is 11.6 Å². The van der Waals surface area contributed by atoms with E-state index in [0.717, 1.165) is 16.4 Å². The number of thioether (sulfide) groups is 1. The van der Waals surface area contributed by atoms with Crippen LogP contribution in [-0.2, 0) is 6.54 Å². The Balaban J connectivity index is 2.20. The van der Waals surface area contributed by atoms with E-state index in [1.165, 1.54) is 0 Å². The van der Waals surface area contributed by atoms with E-state index in [2.05, 4.69) is 9.97 Å². The molecule has 100 valence electrons. The molecule has 2 N–H and O–H groups in total. The summed E-state index contributed by atoms with van der Waals surface area (Å²) in [5.74, 6) is 0.859. The van der Waals surface area contributed by atoms with Gasteiger partial charge < -0.3 is 10.6 Å². The molecule has 0 fully saturated rings. The van der Waals surface area contributed by atoms with Crippen LogP contribution in [0.3, 0.4) is 0 Å². The minimum Gasteiger partial charge on any atom is -0.399 e. The van der Waals surface area contributed by atoms with E-state index in [-0.39, 0.29) is 0 Å². The maximum atomic E-state index is 6.17. The van der Waals surface area contributed by atoms with Gasteiger partial charge in [-0.05, 0) is 30.0 Å². The highest BCUT2D eigenvalue weighted by Gasteiger charge is 2.08. The van der Waals surface area contributed by atoms with Gasteiger partial charge >= 0.3 is 0 Å². The largest absolute Gasteiger partial charge is 0.399 e. The molecule has 0 saturated carbocycles. The van der Waals surface area contributed by atoms with E-state index in [1.54, 1.807) is 24.2 Å². The lowest BCUT2D eigenvalue weighted by Gasteiger charge is -2.19. The second kappa shape index (κ2) is 6.12. The first-order valence-corrected chi connectivity index (χ1v) is 7.31. The lowest BCUT2D eigenvalue weighted by Crippen LogP contribution is -2.18. The second-order valence-electron chi connectivity index (χ2n) is 4.13. The quantitative estimate of drug-likeness (QED) is 0.533. The molecule has 1 heterocycles. The van der Waals surface area contributed by atoms with Gasteiger partial charge in [0.1, 0.15) is 17.2 Å². The van der Waals surface area contributed by atoms with E-state index < -0.39 is 0 Å². The van der Waals surface area contributed by atoms with Gasteiger partial charge in [0, 0.05) is 30.4 Å². The Labute approximate surface area is 122 Å². The molecule has 0 amide bonds. The van der Waals surface area contributed by atoms with E-state index in [9.17, 15) is 0 Å². The number of hydrogen-bond donors (Lipinski definition) is 1. The minimum absolute atomic E-state index is 0.648. The molecule has 2 rings (SSSR count). The number of halogens is 1. The SMILES string of the molecule is CSc1cc(N(C)Cc2cc(N)ccc2Cl)ncn1. The predicted octanol–water partition coefficient (Wildman–Crippen LogP) is 3.07. The molecule has 1 aromatic carbocycles. The molecule has 0 radical (unpaired) electrons. The number of rotatable bonds is 4. The third kappa shape index (κ3) is 3.52. The third-order valence-corrected chi connectivity index (χ3v) is 3.72. The normalized spacial score (nSPS) is 10.5. The first kappa shape index (κ1) is 14.0. The van der Waals surface area contributed by atoms with Crippen molar-refractivity contribution in [3.8, 4) is 0 Å². The van der Waals surface area contributed by atoms with Gasteiger partial charge in [0.05, 0.1) is 0 Å². The first-order chi connectivity index (χ1) is 9.10. The van der Waals surface area contributed by atoms with Crippen LogP contribution >= 0.6 is 23.4 Å². The monoisotopic (exact) mass is 294 g/mol. The van der Waals surface area contributed by atoms with Crippen molar-refractivity contribution in [3.05, 3.63) is 41.2 Å². The zero-order chi connectivity index (χ0) is 13.8. The average Bonchev–Trinajstić information content (AvgIpc) is 2.43. The molecule has 0 spiro atoms. The van der Waals surface area contributed by atoms with Crippen molar-refractivity contribution >= 4 is 34.9 Å². The van der Waals surface area contributed by atoms with Crippen molar-refractivity contribution in [1.29, 1.82) is 0 Å². The van der Waals surface area contributed by atoms with Gasteiger partial charge in [0.25, 0.3) is 0 Å². The topological polar surface area (TPSA) is 55.0 Å². The van der Waals surface area contributed by atoms with Crippen LogP contribution in [0.2, 0.25) is 5.02 Å². The van der Waals surface area contributed by atoms with E-state index >= 15 is 0 Å². The lowest BCUT2D eigenvalue weighted by molar-refractivity contribution is 0.878. The molecule has 0 unspecified atom stereocenters. The van der Waals surface area contributed by atoms with E-state index in [0.29, 0.717) is 17.3 Å². The molecule has 19 heavy (non-hydrogen) atoms. The Morgan fingerprint density at radius 3 is 2.84 bits per heavy atom. The number of benzene rings is 1. The summed E-state index contributed by atoms with van der Waals surface area (Å²) in [6.45, 7) is 0.648. The summed E-state index contributed by atoms with van der Waals surface area (Å²) in [5, 5.41) is 1.65. The molecule has 0 aliphatic carbocycles. The van der Waals surface area contributed by atoms with Crippen molar-refractivity contribution in [1.82, 2.24) is 9.97 Å². The first-order valence-electron chi connectivity index (χ1n) is 5.71. The van der Waals surface area contributed by atoms with Gasteiger partial charge in [-0.1, -0.05) is 11.6 Å². The summed E-state index contributed by atoms with van der Waals surface area (Å²) < 4.78 is 0. The van der Waals surface area contributed by atoms with Gasteiger partial charge in [-0.2, -0.15) is 0 Å². The maximum absolute atomic E-state index is 6.17. The lowest BCUT2D eigenvalue weighted by atomic mass is 10.2. The van der Waals surface area contributed by atoms with Gasteiger partial charge in [0.2, 0.25) is 0 Å². The zero-order valence-electron chi connectivity index (χ0n) is 10.8. The number of anilines is 2. The fraction of sp³-hybridized carbons (Fsp3) is 0.231. The summed E-state index contributed by atoms with van der Waals surface area (Å²) in [7, 11) is 1.96. The van der Waals surface area contributed by atoms with E-state index in [4.69, 9.17) is 17.3 Å². The molecule has 0 aliphatic heterocycles. The number of nitrogens with zero attached hydrogens (tertiary/aromatic N) is 3. The van der Waals surface area contributed by atoms with Crippen molar-refractivity contribution in [2.24, 2.45) is 0 Å². The van der Waals surface area contributed by atoms with Crippen LogP contribution in [0, 0.1) is 0 Å². The molecule has 1 aromatic heterocycles. The summed E-state index contributed by atoms with van der Waals surface area (Å²) in [4.78, 5) is 10.4. The molecule has 6 heteroatoms. The van der Waals surface area contributed by atoms with Crippen LogP contribution in [0.25, 0.3) is 0 Å². The number of nitrogen functional groups attached to an aromatic ring is 1. The average molecular weight is 295 g/mol. The minimum atomic E-state index is 0.648. The second-order valence-corrected chi connectivity index (χ2v) is 5.36. The summed E-state index contributed by atoms with van der Waals surface area (Å²) in [5.41, 5.74) is 7.47. The molecular weight excluding hydrogens is 280 g/mol. The Hall–Kier alpha value is -1.46. The van der Waals surface area contributed by atoms with Gasteiger partial charge in [0.15, 0.2) is 0 Å². The fourth-order valence-corrected chi connectivity index (χ4v) is 2.26. The molecule has 4 nitrogen and oxygen atoms in total. The number of hydrogen-bond acceptors (Lipinski definition) is 5. The fourth-order valence-electron chi connectivity index (χ4n) is 1.70. The summed E-state index contributed by atoms with van der Waals surface area (Å²) in [6, 6.07) is 7.44. The highest BCUT2D eigenvalue weighted by molar-refractivity contribution is 7.98. The molecular formula is C13H15ClN4S. The van der Waals surface area contributed by atoms with Crippen LogP contribution in [-0.4, -0.2) is 23.3 Å². The van der Waals surface area contributed by atoms with E-state index in [1.807, 2.05) is 36.4 Å². The van der Waals surface area contributed by atoms with Gasteiger partial charge in [-0.25, -0.2) is 9.97 Å². The number of aromatic nitrogens is 2. The zero-order valence-corrected chi connectivity index (χ0v) is 12.4. The highest BCUT2D eigenvalue weighted by atomic mass is 35.5. The summed E-state index contributed by atoms with van der Waals surface area (Å²) in [6.07, 6.45) is 3.56. The molecule has 0 bridgehead atoms. The molecule has 0 atom stereocenters. The standard InChI is InChI=1S/C13H15ClN4S/c1-18(12-6-13(19-2)17-8-16-12)7-9-5-10(15)3-4-11(9)14/h3-6,8H,7,15H2,1-2H3. The Bertz CT molecular complexity index is 576. The molecule has 0 aliphatic rings. The van der Waals surface area contributed by atoms with Crippen LogP contribution in [0.1, 0.15) is 5.56 Å². The molecule has 2 aromatic rings. The molecule has 0 saturated heterocycles. The third-order valence-electron chi connectivity index (χ3n) is 2.71. The van der Waals surface area contributed by atoms with Crippen LogP contribution in [0.5, 0.6) is 0 Å². The van der Waals surface area contributed by atoms with Crippen LogP contribution in [0.4, 0.5) is 11.5 Å². The van der Waals surface area contributed by atoms with Crippen molar-refractivity contribution in [3.63, 3.8) is 0 Å². The smallest absolute Gasteiger partial charge is 0.133 e. The van der Waals surface area contributed by atoms with Crippen molar-refractivity contribution < 1.29 is 0 Å².